The molecule has 0 unspecified atom stereocenters. The summed E-state index contributed by atoms with van der Waals surface area (Å²) in [6, 6.07) is 0. The summed E-state index contributed by atoms with van der Waals surface area (Å²) in [5, 5.41) is 9.89. The first-order valence-electron chi connectivity index (χ1n) is 4.33. The van der Waals surface area contributed by atoms with E-state index in [1.54, 1.807) is 21.1 Å². The summed E-state index contributed by atoms with van der Waals surface area (Å²) in [6.45, 7) is 4.43. The summed E-state index contributed by atoms with van der Waals surface area (Å²) < 4.78 is 0.419. The van der Waals surface area contributed by atoms with E-state index in [1.807, 2.05) is 0 Å². The van der Waals surface area contributed by atoms with E-state index in [0.717, 1.165) is 0 Å². The van der Waals surface area contributed by atoms with E-state index in [2.05, 4.69) is 13.8 Å². The van der Waals surface area contributed by atoms with E-state index in [9.17, 15) is 9.90 Å². The second-order valence-electron chi connectivity index (χ2n) is 3.82. The minimum atomic E-state index is -1.00. The third-order valence-corrected chi connectivity index (χ3v) is 1.10. The molecule has 12 heavy (non-hydrogen) atoms. The third-order valence-electron chi connectivity index (χ3n) is 1.10. The van der Waals surface area contributed by atoms with Crippen LogP contribution in [0.5, 0.6) is 0 Å². The van der Waals surface area contributed by atoms with E-state index < -0.39 is 5.97 Å². The molecule has 74 valence electrons. The third kappa shape index (κ3) is 22.7. The van der Waals surface area contributed by atoms with Gasteiger partial charge >= 0.3 is 0 Å². The average Bonchev–Trinajstić information content (AvgIpc) is 1.83. The number of aliphatic carboxylic acids is 1. The summed E-state index contributed by atoms with van der Waals surface area (Å²) in [5.74, 6) is -1.00. The molecule has 0 saturated heterocycles. The van der Waals surface area contributed by atoms with Gasteiger partial charge in [0.2, 0.25) is 0 Å². The van der Waals surface area contributed by atoms with Crippen LogP contribution in [0.1, 0.15) is 26.7 Å². The molecule has 0 heterocycles. The number of carbonyl (C=O) groups is 1. The average molecular weight is 175 g/mol. The molecule has 0 aliphatic heterocycles. The van der Waals surface area contributed by atoms with Gasteiger partial charge in [-0.2, -0.15) is 0 Å². The number of hydrogen-bond acceptors (Lipinski definition) is 2. The van der Waals surface area contributed by atoms with Crippen molar-refractivity contribution in [1.82, 2.24) is 0 Å². The Hall–Kier alpha value is -0.570. The molecule has 3 nitrogen and oxygen atoms in total. The minimum Gasteiger partial charge on any atom is -0.544 e. The zero-order valence-electron chi connectivity index (χ0n) is 8.89. The topological polar surface area (TPSA) is 40.1 Å². The molecule has 0 spiro atoms. The fraction of sp³-hybridized carbons (Fsp3) is 0.889. The Morgan fingerprint density at radius 2 is 1.50 bits per heavy atom. The van der Waals surface area contributed by atoms with Gasteiger partial charge in [-0.3, -0.25) is 0 Å². The van der Waals surface area contributed by atoms with E-state index in [4.69, 9.17) is 0 Å². The highest BCUT2D eigenvalue weighted by Gasteiger charge is 2.04. The van der Waals surface area contributed by atoms with Crippen molar-refractivity contribution in [1.29, 1.82) is 0 Å². The summed E-state index contributed by atoms with van der Waals surface area (Å²) in [5.41, 5.74) is 0. The quantitative estimate of drug-likeness (QED) is 0.577. The zero-order valence-corrected chi connectivity index (χ0v) is 8.89. The maximum absolute atomic E-state index is 9.89. The van der Waals surface area contributed by atoms with Gasteiger partial charge in [0.1, 0.15) is 6.54 Å². The predicted octanol–water partition coefficient (Wildman–Crippen LogP) is 0.249. The number of carbonyl (C=O) groups excluding carboxylic acids is 1. The molecule has 0 N–H and O–H groups in total. The molecule has 0 atom stereocenters. The van der Waals surface area contributed by atoms with Crippen LogP contribution in [0.25, 0.3) is 0 Å². The maximum atomic E-state index is 9.89. The van der Waals surface area contributed by atoms with E-state index in [-0.39, 0.29) is 6.54 Å². The lowest BCUT2D eigenvalue weighted by Crippen LogP contribution is -2.45. The van der Waals surface area contributed by atoms with Gasteiger partial charge in [0.05, 0.1) is 27.1 Å². The molecule has 0 aliphatic carbocycles. The van der Waals surface area contributed by atoms with Crippen LogP contribution < -0.4 is 5.11 Å². The summed E-state index contributed by atoms with van der Waals surface area (Å²) in [6.07, 6.45) is 2.64. The highest BCUT2D eigenvalue weighted by Crippen LogP contribution is 1.84. The smallest absolute Gasteiger partial charge is 0.118 e. The minimum absolute atomic E-state index is 0.0694. The van der Waals surface area contributed by atoms with Crippen LogP contribution in [0.2, 0.25) is 0 Å². The molecule has 0 fully saturated rings. The van der Waals surface area contributed by atoms with E-state index >= 15 is 0 Å². The van der Waals surface area contributed by atoms with Crippen LogP contribution in [0.4, 0.5) is 0 Å². The lowest BCUT2D eigenvalue weighted by molar-refractivity contribution is -0.864. The molecular weight excluding hydrogens is 154 g/mol. The Bertz CT molecular complexity index is 114. The number of rotatable bonds is 3. The Morgan fingerprint density at radius 3 is 1.50 bits per heavy atom. The molecular formula is C9H21NO2. The molecule has 0 amide bonds. The van der Waals surface area contributed by atoms with Crippen molar-refractivity contribution in [2.45, 2.75) is 26.7 Å². The molecule has 0 aliphatic rings. The highest BCUT2D eigenvalue weighted by molar-refractivity contribution is 5.65. The maximum Gasteiger partial charge on any atom is 0.118 e. The lowest BCUT2D eigenvalue weighted by Gasteiger charge is -2.23. The number of likely N-dealkylation sites (N-methyl/N-ethyl adjacent to an activating group) is 1. The Labute approximate surface area is 75.6 Å². The number of carboxylic acids is 1. The van der Waals surface area contributed by atoms with Crippen molar-refractivity contribution in [2.75, 3.05) is 27.7 Å². The standard InChI is InChI=1S/C5H11NO2.C4H10/c1-6(2,3)4-5(7)8;1-3-4-2/h4H2,1-3H3;3-4H2,1-2H3. The van der Waals surface area contributed by atoms with Gasteiger partial charge in [-0.05, 0) is 0 Å². The zero-order chi connectivity index (χ0) is 10.2. The first-order valence-corrected chi connectivity index (χ1v) is 4.33. The summed E-state index contributed by atoms with van der Waals surface area (Å²) in [7, 11) is 5.40. The summed E-state index contributed by atoms with van der Waals surface area (Å²) in [4.78, 5) is 9.89. The van der Waals surface area contributed by atoms with Gasteiger partial charge in [0.15, 0.2) is 0 Å². The second kappa shape index (κ2) is 7.10. The number of quaternary nitrogens is 1. The molecule has 0 saturated carbocycles. The van der Waals surface area contributed by atoms with Crippen molar-refractivity contribution in [3.63, 3.8) is 0 Å². The second-order valence-corrected chi connectivity index (χ2v) is 3.82. The monoisotopic (exact) mass is 175 g/mol. The normalized spacial score (nSPS) is 10.1. The van der Waals surface area contributed by atoms with Crippen LogP contribution in [0.3, 0.4) is 0 Å². The van der Waals surface area contributed by atoms with Crippen LogP contribution in [0, 0.1) is 0 Å². The molecule has 0 bridgehead atoms. The predicted molar refractivity (Wildman–Crippen MR) is 48.5 cm³/mol. The van der Waals surface area contributed by atoms with Crippen LogP contribution >= 0.6 is 0 Å². The SMILES string of the molecule is CCCC.C[N+](C)(C)CC(=O)[O-]. The van der Waals surface area contributed by atoms with E-state index in [1.165, 1.54) is 12.8 Å². The molecule has 0 aromatic heterocycles. The van der Waals surface area contributed by atoms with Crippen molar-refractivity contribution in [3.8, 4) is 0 Å². The van der Waals surface area contributed by atoms with Gasteiger partial charge in [-0.1, -0.05) is 26.7 Å². The van der Waals surface area contributed by atoms with Crippen LogP contribution in [0.15, 0.2) is 0 Å². The Kier molecular flexibility index (Phi) is 8.27. The Morgan fingerprint density at radius 1 is 1.17 bits per heavy atom. The van der Waals surface area contributed by atoms with Gasteiger partial charge in [-0.25, -0.2) is 0 Å². The fourth-order valence-electron chi connectivity index (χ4n) is 0.387. The van der Waals surface area contributed by atoms with Gasteiger partial charge in [-0.15, -0.1) is 0 Å². The number of hydrogen-bond donors (Lipinski definition) is 0. The Balaban J connectivity index is 0. The molecule has 0 aromatic carbocycles. The van der Waals surface area contributed by atoms with Crippen LogP contribution in [-0.2, 0) is 4.79 Å². The van der Waals surface area contributed by atoms with E-state index in [0.29, 0.717) is 4.48 Å². The fourth-order valence-corrected chi connectivity index (χ4v) is 0.387. The lowest BCUT2D eigenvalue weighted by atomic mass is 10.4. The number of nitrogens with zero attached hydrogens (tertiary/aromatic N) is 1. The molecule has 0 aromatic rings. The molecule has 3 heteroatoms. The largest absolute Gasteiger partial charge is 0.544 e. The highest BCUT2D eigenvalue weighted by atomic mass is 16.4. The van der Waals surface area contributed by atoms with Gasteiger partial charge in [0.25, 0.3) is 0 Å². The number of unbranched alkanes of at least 4 members (excludes halogenated alkanes) is 1. The number of carboxylic acid groups (broad SMARTS) is 1. The first kappa shape index (κ1) is 14.0. The van der Waals surface area contributed by atoms with Crippen molar-refractivity contribution >= 4 is 5.97 Å². The van der Waals surface area contributed by atoms with Crippen molar-refractivity contribution in [3.05, 3.63) is 0 Å². The van der Waals surface area contributed by atoms with Gasteiger partial charge in [0, 0.05) is 0 Å². The summed E-state index contributed by atoms with van der Waals surface area (Å²) >= 11 is 0. The van der Waals surface area contributed by atoms with Crippen molar-refractivity contribution < 1.29 is 14.4 Å². The van der Waals surface area contributed by atoms with Crippen LogP contribution in [-0.4, -0.2) is 38.1 Å². The molecule has 0 radical (unpaired) electrons. The van der Waals surface area contributed by atoms with Gasteiger partial charge < -0.3 is 14.4 Å². The molecule has 0 rings (SSSR count). The first-order chi connectivity index (χ1) is 5.33. The van der Waals surface area contributed by atoms with Crippen molar-refractivity contribution in [2.24, 2.45) is 0 Å².